The minimum absolute atomic E-state index is 0.200. The summed E-state index contributed by atoms with van der Waals surface area (Å²) in [7, 11) is 0.200. The predicted octanol–water partition coefficient (Wildman–Crippen LogP) is 7.51. The summed E-state index contributed by atoms with van der Waals surface area (Å²) in [6.45, 7) is 7.45. The van der Waals surface area contributed by atoms with Crippen LogP contribution in [-0.2, 0) is 9.30 Å². The predicted molar refractivity (Wildman–Crippen MR) is 97.9 cm³/mol. The second-order valence-corrected chi connectivity index (χ2v) is 7.57. The van der Waals surface area contributed by atoms with Gasteiger partial charge in [-0.1, -0.05) is 78.6 Å². The normalized spacial score (nSPS) is 12.1. The van der Waals surface area contributed by atoms with Gasteiger partial charge in [0.2, 0.25) is 0 Å². The van der Waals surface area contributed by atoms with Crippen LogP contribution >= 0.6 is 8.46 Å². The van der Waals surface area contributed by atoms with Gasteiger partial charge in [0.25, 0.3) is 0 Å². The van der Waals surface area contributed by atoms with Gasteiger partial charge in [-0.25, -0.2) is 0 Å². The summed E-state index contributed by atoms with van der Waals surface area (Å²) < 4.78 is 17.9. The largest absolute Gasteiger partial charge is 0.363 e. The number of hydrogen-bond acceptors (Lipinski definition) is 2. The van der Waals surface area contributed by atoms with Crippen molar-refractivity contribution in [1.29, 1.82) is 0 Å². The van der Waals surface area contributed by atoms with Crippen molar-refractivity contribution >= 4 is 8.46 Å². The van der Waals surface area contributed by atoms with Crippen LogP contribution in [0.25, 0.3) is 0 Å². The van der Waals surface area contributed by atoms with E-state index in [1.807, 2.05) is 0 Å². The summed E-state index contributed by atoms with van der Waals surface area (Å²) in [4.78, 5) is 0. The zero-order valence-electron chi connectivity index (χ0n) is 15.4. The molecule has 0 N–H and O–H groups in total. The van der Waals surface area contributed by atoms with E-state index >= 15 is 0 Å². The SMILES string of the molecule is CCCCCCCCOC(CCCCC)(CCCCC)P=O. The van der Waals surface area contributed by atoms with Gasteiger partial charge in [0.1, 0.15) is 5.34 Å². The van der Waals surface area contributed by atoms with Crippen molar-refractivity contribution in [3.8, 4) is 0 Å². The molecule has 0 unspecified atom stereocenters. The van der Waals surface area contributed by atoms with Gasteiger partial charge in [-0.05, 0) is 32.1 Å². The van der Waals surface area contributed by atoms with Gasteiger partial charge in [0.05, 0.1) is 0 Å². The van der Waals surface area contributed by atoms with Crippen LogP contribution in [0.15, 0.2) is 0 Å². The zero-order chi connectivity index (χ0) is 16.5. The van der Waals surface area contributed by atoms with E-state index in [0.717, 1.165) is 38.7 Å². The van der Waals surface area contributed by atoms with Crippen LogP contribution in [0.5, 0.6) is 0 Å². The molecule has 0 heterocycles. The first-order valence-electron chi connectivity index (χ1n) is 9.73. The molecule has 0 saturated carbocycles. The first kappa shape index (κ1) is 22.1. The molecular weight excluding hydrogens is 291 g/mol. The Bertz CT molecular complexity index is 234. The van der Waals surface area contributed by atoms with E-state index in [-0.39, 0.29) is 8.46 Å². The van der Waals surface area contributed by atoms with Gasteiger partial charge in [0.15, 0.2) is 8.46 Å². The van der Waals surface area contributed by atoms with Gasteiger partial charge in [-0.15, -0.1) is 0 Å². The highest BCUT2D eigenvalue weighted by Crippen LogP contribution is 2.36. The topological polar surface area (TPSA) is 26.3 Å². The van der Waals surface area contributed by atoms with E-state index in [4.69, 9.17) is 4.74 Å². The minimum atomic E-state index is -0.395. The van der Waals surface area contributed by atoms with Crippen LogP contribution in [0, 0.1) is 0 Å². The highest BCUT2D eigenvalue weighted by atomic mass is 31.1. The van der Waals surface area contributed by atoms with Gasteiger partial charge in [-0.2, -0.15) is 0 Å². The smallest absolute Gasteiger partial charge is 0.190 e. The van der Waals surface area contributed by atoms with Crippen molar-refractivity contribution < 1.29 is 9.30 Å². The second kappa shape index (κ2) is 15.9. The summed E-state index contributed by atoms with van der Waals surface area (Å²) in [6.07, 6.45) is 16.7. The van der Waals surface area contributed by atoms with Gasteiger partial charge < -0.3 is 4.74 Å². The average Bonchev–Trinajstić information content (AvgIpc) is 2.54. The van der Waals surface area contributed by atoms with E-state index in [2.05, 4.69) is 20.8 Å². The molecule has 0 rings (SSSR count). The van der Waals surface area contributed by atoms with Crippen molar-refractivity contribution in [2.75, 3.05) is 6.61 Å². The molecule has 0 aromatic carbocycles. The molecule has 0 aromatic rings. The highest BCUT2D eigenvalue weighted by Gasteiger charge is 2.30. The Kier molecular flexibility index (Phi) is 16.0. The maximum atomic E-state index is 11.8. The molecule has 3 heteroatoms. The van der Waals surface area contributed by atoms with Crippen molar-refractivity contribution in [3.05, 3.63) is 0 Å². The molecule has 0 spiro atoms. The van der Waals surface area contributed by atoms with Crippen LogP contribution in [0.2, 0.25) is 0 Å². The third-order valence-corrected chi connectivity index (χ3v) is 5.29. The summed E-state index contributed by atoms with van der Waals surface area (Å²) in [5.74, 6) is 0. The van der Waals surface area contributed by atoms with Crippen molar-refractivity contribution in [3.63, 3.8) is 0 Å². The van der Waals surface area contributed by atoms with E-state index in [9.17, 15) is 4.57 Å². The third-order valence-electron chi connectivity index (χ3n) is 4.38. The lowest BCUT2D eigenvalue weighted by molar-refractivity contribution is 0.00370. The fourth-order valence-corrected chi connectivity index (χ4v) is 3.48. The molecule has 0 amide bonds. The monoisotopic (exact) mass is 330 g/mol. The number of unbranched alkanes of at least 4 members (excludes halogenated alkanes) is 9. The summed E-state index contributed by atoms with van der Waals surface area (Å²) in [5.41, 5.74) is 0. The molecule has 0 radical (unpaired) electrons. The van der Waals surface area contributed by atoms with E-state index in [0.29, 0.717) is 0 Å². The Morgan fingerprint density at radius 1 is 0.682 bits per heavy atom. The Balaban J connectivity index is 4.10. The van der Waals surface area contributed by atoms with E-state index in [1.54, 1.807) is 0 Å². The molecule has 22 heavy (non-hydrogen) atoms. The first-order chi connectivity index (χ1) is 10.7. The molecule has 2 nitrogen and oxygen atoms in total. The maximum Gasteiger partial charge on any atom is 0.190 e. The van der Waals surface area contributed by atoms with Crippen LogP contribution < -0.4 is 0 Å². The fraction of sp³-hybridized carbons (Fsp3) is 1.00. The third kappa shape index (κ3) is 11.6. The zero-order valence-corrected chi connectivity index (χ0v) is 16.3. The number of rotatable bonds is 17. The van der Waals surface area contributed by atoms with E-state index < -0.39 is 5.34 Å². The molecule has 0 aliphatic heterocycles. The lowest BCUT2D eigenvalue weighted by Gasteiger charge is -2.27. The van der Waals surface area contributed by atoms with E-state index in [1.165, 1.54) is 57.8 Å². The fourth-order valence-electron chi connectivity index (χ4n) is 2.83. The molecular formula is C19H39O2P. The van der Waals surface area contributed by atoms with Crippen molar-refractivity contribution in [2.45, 2.75) is 116 Å². The summed E-state index contributed by atoms with van der Waals surface area (Å²) in [5, 5.41) is -0.395. The number of ether oxygens (including phenoxy) is 1. The van der Waals surface area contributed by atoms with Gasteiger partial charge in [-0.3, -0.25) is 4.57 Å². The lowest BCUT2D eigenvalue weighted by atomic mass is 10.0. The highest BCUT2D eigenvalue weighted by molar-refractivity contribution is 7.25. The molecule has 0 saturated heterocycles. The van der Waals surface area contributed by atoms with Crippen LogP contribution in [0.4, 0.5) is 0 Å². The molecule has 0 atom stereocenters. The Morgan fingerprint density at radius 2 is 1.14 bits per heavy atom. The molecule has 0 aliphatic carbocycles. The maximum absolute atomic E-state index is 11.8. The van der Waals surface area contributed by atoms with Crippen LogP contribution in [-0.4, -0.2) is 11.9 Å². The second-order valence-electron chi connectivity index (χ2n) is 6.57. The Labute approximate surface area is 141 Å². The molecule has 0 fully saturated rings. The average molecular weight is 330 g/mol. The molecule has 0 bridgehead atoms. The summed E-state index contributed by atoms with van der Waals surface area (Å²) in [6, 6.07) is 0. The molecule has 0 aromatic heterocycles. The Morgan fingerprint density at radius 3 is 1.64 bits per heavy atom. The molecule has 0 aliphatic rings. The van der Waals surface area contributed by atoms with Crippen LogP contribution in [0.1, 0.15) is 111 Å². The summed E-state index contributed by atoms with van der Waals surface area (Å²) >= 11 is 0. The number of hydrogen-bond donors (Lipinski definition) is 0. The van der Waals surface area contributed by atoms with Gasteiger partial charge in [0, 0.05) is 6.61 Å². The van der Waals surface area contributed by atoms with Crippen molar-refractivity contribution in [1.82, 2.24) is 0 Å². The first-order valence-corrected chi connectivity index (χ1v) is 10.5. The minimum Gasteiger partial charge on any atom is -0.363 e. The van der Waals surface area contributed by atoms with Gasteiger partial charge >= 0.3 is 0 Å². The Hall–Kier alpha value is 0.0600. The quantitative estimate of drug-likeness (QED) is 0.204. The standard InChI is InChI=1S/C19H39O2P/c1-4-7-10-11-12-15-18-21-19(22-20,16-13-8-5-2)17-14-9-6-3/h4-18H2,1-3H3. The molecule has 132 valence electrons. The lowest BCUT2D eigenvalue weighted by Crippen LogP contribution is -2.26. The van der Waals surface area contributed by atoms with Crippen LogP contribution in [0.3, 0.4) is 0 Å². The van der Waals surface area contributed by atoms with Crippen molar-refractivity contribution in [2.24, 2.45) is 0 Å².